The predicted molar refractivity (Wildman–Crippen MR) is 71.2 cm³/mol. The fourth-order valence-electron chi connectivity index (χ4n) is 1.92. The van der Waals surface area contributed by atoms with E-state index < -0.39 is 5.97 Å². The van der Waals surface area contributed by atoms with Crippen LogP contribution in [-0.2, 0) is 4.74 Å². The van der Waals surface area contributed by atoms with Crippen LogP contribution in [0.5, 0.6) is 5.75 Å². The molecule has 2 aromatic rings. The molecule has 0 saturated heterocycles. The van der Waals surface area contributed by atoms with E-state index in [0.29, 0.717) is 23.5 Å². The van der Waals surface area contributed by atoms with Gasteiger partial charge in [-0.15, -0.1) is 0 Å². The van der Waals surface area contributed by atoms with Crippen LogP contribution in [0.15, 0.2) is 30.3 Å². The molecule has 2 rings (SSSR count). The van der Waals surface area contributed by atoms with E-state index in [4.69, 9.17) is 14.7 Å². The molecule has 0 aromatic heterocycles. The lowest BCUT2D eigenvalue weighted by molar-refractivity contribution is 0.0528. The summed E-state index contributed by atoms with van der Waals surface area (Å²) < 4.78 is 10.2. The zero-order valence-corrected chi connectivity index (χ0v) is 10.8. The van der Waals surface area contributed by atoms with E-state index in [-0.39, 0.29) is 0 Å². The molecule has 4 nitrogen and oxygen atoms in total. The molecule has 0 N–H and O–H groups in total. The molecule has 0 aliphatic carbocycles. The molecule has 0 atom stereocenters. The number of hydrogen-bond acceptors (Lipinski definition) is 4. The number of nitriles is 1. The molecule has 0 aliphatic rings. The van der Waals surface area contributed by atoms with Gasteiger partial charge < -0.3 is 9.47 Å². The van der Waals surface area contributed by atoms with Crippen LogP contribution in [0.1, 0.15) is 22.8 Å². The maximum Gasteiger partial charge on any atom is 0.338 e. The second kappa shape index (κ2) is 5.40. The van der Waals surface area contributed by atoms with Gasteiger partial charge in [0.1, 0.15) is 5.75 Å². The van der Waals surface area contributed by atoms with Crippen molar-refractivity contribution in [3.8, 4) is 11.8 Å². The van der Waals surface area contributed by atoms with Crippen LogP contribution in [0, 0.1) is 11.3 Å². The largest absolute Gasteiger partial charge is 0.497 e. The minimum Gasteiger partial charge on any atom is -0.497 e. The number of carbonyl (C=O) groups excluding carboxylic acids is 1. The fraction of sp³-hybridized carbons (Fsp3) is 0.200. The van der Waals surface area contributed by atoms with Gasteiger partial charge in [0.15, 0.2) is 0 Å². The van der Waals surface area contributed by atoms with Crippen LogP contribution in [0.4, 0.5) is 0 Å². The minimum atomic E-state index is -0.422. The molecule has 0 heterocycles. The quantitative estimate of drug-likeness (QED) is 0.791. The van der Waals surface area contributed by atoms with Crippen LogP contribution >= 0.6 is 0 Å². The summed E-state index contributed by atoms with van der Waals surface area (Å²) in [7, 11) is 1.57. The Balaban J connectivity index is 2.68. The van der Waals surface area contributed by atoms with Crippen LogP contribution in [0.3, 0.4) is 0 Å². The van der Waals surface area contributed by atoms with E-state index >= 15 is 0 Å². The second-order valence-electron chi connectivity index (χ2n) is 3.94. The van der Waals surface area contributed by atoms with Gasteiger partial charge in [-0.1, -0.05) is 0 Å². The van der Waals surface area contributed by atoms with E-state index in [1.54, 1.807) is 44.4 Å². The minimum absolute atomic E-state index is 0.299. The van der Waals surface area contributed by atoms with E-state index in [1.165, 1.54) is 0 Å². The Morgan fingerprint density at radius 2 is 2.11 bits per heavy atom. The number of carbonyl (C=O) groups is 1. The van der Waals surface area contributed by atoms with Crippen LogP contribution < -0.4 is 4.74 Å². The molecule has 0 saturated carbocycles. The van der Waals surface area contributed by atoms with Crippen molar-refractivity contribution in [2.45, 2.75) is 6.92 Å². The van der Waals surface area contributed by atoms with E-state index in [1.807, 2.05) is 6.07 Å². The molecular formula is C15H13NO3. The number of esters is 1. The lowest BCUT2D eigenvalue weighted by Crippen LogP contribution is -2.05. The van der Waals surface area contributed by atoms with Gasteiger partial charge >= 0.3 is 5.97 Å². The number of fused-ring (bicyclic) bond motifs is 1. The van der Waals surface area contributed by atoms with Crippen molar-refractivity contribution < 1.29 is 14.3 Å². The third kappa shape index (κ3) is 2.50. The lowest BCUT2D eigenvalue weighted by Gasteiger charge is -2.08. The third-order valence-electron chi connectivity index (χ3n) is 2.78. The highest BCUT2D eigenvalue weighted by Gasteiger charge is 2.13. The zero-order valence-electron chi connectivity index (χ0n) is 10.8. The first-order valence-electron chi connectivity index (χ1n) is 5.88. The summed E-state index contributed by atoms with van der Waals surface area (Å²) in [6, 6.07) is 10.7. The predicted octanol–water partition coefficient (Wildman–Crippen LogP) is 2.90. The first kappa shape index (κ1) is 12.9. The molecule has 0 bridgehead atoms. The molecule has 0 radical (unpaired) electrons. The molecule has 4 heteroatoms. The average Bonchev–Trinajstić information content (AvgIpc) is 2.45. The van der Waals surface area contributed by atoms with Gasteiger partial charge in [-0.25, -0.2) is 4.79 Å². The van der Waals surface area contributed by atoms with Crippen molar-refractivity contribution >= 4 is 16.7 Å². The molecule has 0 fully saturated rings. The van der Waals surface area contributed by atoms with Crippen molar-refractivity contribution in [1.29, 1.82) is 5.26 Å². The van der Waals surface area contributed by atoms with Crippen molar-refractivity contribution in [3.63, 3.8) is 0 Å². The van der Waals surface area contributed by atoms with Crippen LogP contribution in [0.25, 0.3) is 10.8 Å². The van der Waals surface area contributed by atoms with E-state index in [2.05, 4.69) is 0 Å². The molecule has 0 amide bonds. The summed E-state index contributed by atoms with van der Waals surface area (Å²) in [6.07, 6.45) is 0. The van der Waals surface area contributed by atoms with Crippen LogP contribution in [-0.4, -0.2) is 19.7 Å². The van der Waals surface area contributed by atoms with Gasteiger partial charge in [0.25, 0.3) is 0 Å². The standard InChI is InChI=1S/C15H13NO3/c1-3-19-15(17)14-7-10(9-16)6-11-8-12(18-2)4-5-13(11)14/h4-8H,3H2,1-2H3. The van der Waals surface area contributed by atoms with Crippen molar-refractivity contribution in [3.05, 3.63) is 41.5 Å². The summed E-state index contributed by atoms with van der Waals surface area (Å²) in [5, 5.41) is 10.6. The molecule has 0 spiro atoms. The first-order chi connectivity index (χ1) is 9.19. The SMILES string of the molecule is CCOC(=O)c1cc(C#N)cc2cc(OC)ccc12. The Hall–Kier alpha value is -2.54. The van der Waals surface area contributed by atoms with Crippen molar-refractivity contribution in [2.75, 3.05) is 13.7 Å². The summed E-state index contributed by atoms with van der Waals surface area (Å²) in [4.78, 5) is 11.9. The second-order valence-corrected chi connectivity index (χ2v) is 3.94. The maximum absolute atomic E-state index is 11.9. The highest BCUT2D eigenvalue weighted by molar-refractivity contribution is 6.05. The molecular weight excluding hydrogens is 242 g/mol. The molecule has 19 heavy (non-hydrogen) atoms. The number of rotatable bonds is 3. The summed E-state index contributed by atoms with van der Waals surface area (Å²) in [6.45, 7) is 2.05. The van der Waals surface area contributed by atoms with Gasteiger partial charge in [0.2, 0.25) is 0 Å². The van der Waals surface area contributed by atoms with E-state index in [9.17, 15) is 4.79 Å². The molecule has 0 aliphatic heterocycles. The Morgan fingerprint density at radius 3 is 2.74 bits per heavy atom. The topological polar surface area (TPSA) is 59.3 Å². The molecule has 0 unspecified atom stereocenters. The molecule has 2 aromatic carbocycles. The zero-order chi connectivity index (χ0) is 13.8. The Morgan fingerprint density at radius 1 is 1.32 bits per heavy atom. The monoisotopic (exact) mass is 255 g/mol. The fourth-order valence-corrected chi connectivity index (χ4v) is 1.92. The molecule has 96 valence electrons. The van der Waals surface area contributed by atoms with Gasteiger partial charge in [0.05, 0.1) is 30.9 Å². The maximum atomic E-state index is 11.9. The van der Waals surface area contributed by atoms with Gasteiger partial charge in [-0.2, -0.15) is 5.26 Å². The number of hydrogen-bond donors (Lipinski definition) is 0. The number of nitrogens with zero attached hydrogens (tertiary/aromatic N) is 1. The van der Waals surface area contributed by atoms with Crippen LogP contribution in [0.2, 0.25) is 0 Å². The Labute approximate surface area is 111 Å². The first-order valence-corrected chi connectivity index (χ1v) is 5.88. The Kier molecular flexibility index (Phi) is 3.67. The highest BCUT2D eigenvalue weighted by Crippen LogP contribution is 2.26. The Bertz CT molecular complexity index is 671. The smallest absolute Gasteiger partial charge is 0.338 e. The van der Waals surface area contributed by atoms with Gasteiger partial charge in [-0.3, -0.25) is 0 Å². The van der Waals surface area contributed by atoms with Gasteiger partial charge in [0, 0.05) is 0 Å². The lowest BCUT2D eigenvalue weighted by atomic mass is 10.0. The number of benzene rings is 2. The average molecular weight is 255 g/mol. The van der Waals surface area contributed by atoms with Crippen molar-refractivity contribution in [1.82, 2.24) is 0 Å². The van der Waals surface area contributed by atoms with E-state index in [0.717, 1.165) is 10.8 Å². The van der Waals surface area contributed by atoms with Crippen molar-refractivity contribution in [2.24, 2.45) is 0 Å². The normalized spacial score (nSPS) is 9.95. The summed E-state index contributed by atoms with van der Waals surface area (Å²) in [5.41, 5.74) is 0.822. The summed E-state index contributed by atoms with van der Waals surface area (Å²) >= 11 is 0. The highest BCUT2D eigenvalue weighted by atomic mass is 16.5. The summed E-state index contributed by atoms with van der Waals surface area (Å²) in [5.74, 6) is 0.257. The number of methoxy groups -OCH3 is 1. The third-order valence-corrected chi connectivity index (χ3v) is 2.78. The number of ether oxygens (including phenoxy) is 2. The van der Waals surface area contributed by atoms with Gasteiger partial charge in [-0.05, 0) is 48.0 Å².